The van der Waals surface area contributed by atoms with E-state index in [9.17, 15) is 9.59 Å². The summed E-state index contributed by atoms with van der Waals surface area (Å²) in [5, 5.41) is 3.38. The van der Waals surface area contributed by atoms with Gasteiger partial charge in [-0.05, 0) is 57.0 Å². The molecule has 2 rings (SSSR count). The van der Waals surface area contributed by atoms with Crippen LogP contribution in [-0.4, -0.2) is 61.4 Å². The standard InChI is InChI=1S/C19H29N3O2/c1-4-20-14-15-9-11-22(12-10-15)19(24)17-8-6-7-16(13-17)18(23)21(3)5-2/h6-8,13,15,20H,4-5,9-12,14H2,1-3H3. The lowest BCUT2D eigenvalue weighted by molar-refractivity contribution is 0.0690. The average Bonchev–Trinajstić information content (AvgIpc) is 2.65. The molecule has 1 aromatic carbocycles. The summed E-state index contributed by atoms with van der Waals surface area (Å²) < 4.78 is 0. The van der Waals surface area contributed by atoms with Crippen LogP contribution in [0, 0.1) is 5.92 Å². The summed E-state index contributed by atoms with van der Waals surface area (Å²) in [6.45, 7) is 8.31. The fourth-order valence-corrected chi connectivity index (χ4v) is 3.02. The lowest BCUT2D eigenvalue weighted by atomic mass is 9.96. The number of likely N-dealkylation sites (tertiary alicyclic amines) is 1. The third-order valence-electron chi connectivity index (χ3n) is 4.76. The smallest absolute Gasteiger partial charge is 0.253 e. The molecule has 5 nitrogen and oxygen atoms in total. The number of piperidine rings is 1. The first-order valence-corrected chi connectivity index (χ1v) is 8.92. The molecule has 1 N–H and O–H groups in total. The minimum atomic E-state index is -0.0449. The molecule has 132 valence electrons. The van der Waals surface area contributed by atoms with Gasteiger partial charge in [-0.3, -0.25) is 9.59 Å². The largest absolute Gasteiger partial charge is 0.342 e. The van der Waals surface area contributed by atoms with Gasteiger partial charge in [-0.2, -0.15) is 0 Å². The van der Waals surface area contributed by atoms with Gasteiger partial charge >= 0.3 is 0 Å². The Morgan fingerprint density at radius 2 is 1.88 bits per heavy atom. The Balaban J connectivity index is 1.99. The van der Waals surface area contributed by atoms with Crippen molar-refractivity contribution in [3.63, 3.8) is 0 Å². The zero-order chi connectivity index (χ0) is 17.5. The minimum Gasteiger partial charge on any atom is -0.342 e. The first kappa shape index (κ1) is 18.5. The Morgan fingerprint density at radius 3 is 2.50 bits per heavy atom. The molecule has 1 aliphatic rings. The molecule has 0 bridgehead atoms. The van der Waals surface area contributed by atoms with Crippen LogP contribution in [0.15, 0.2) is 24.3 Å². The summed E-state index contributed by atoms with van der Waals surface area (Å²) in [5.74, 6) is 0.641. The molecule has 1 fully saturated rings. The Bertz CT molecular complexity index is 565. The van der Waals surface area contributed by atoms with Gasteiger partial charge in [-0.1, -0.05) is 13.0 Å². The highest BCUT2D eigenvalue weighted by atomic mass is 16.2. The van der Waals surface area contributed by atoms with E-state index in [1.807, 2.05) is 11.8 Å². The Hall–Kier alpha value is -1.88. The highest BCUT2D eigenvalue weighted by molar-refractivity contribution is 5.99. The van der Waals surface area contributed by atoms with Crippen molar-refractivity contribution < 1.29 is 9.59 Å². The van der Waals surface area contributed by atoms with Crippen LogP contribution in [0.4, 0.5) is 0 Å². The van der Waals surface area contributed by atoms with E-state index in [-0.39, 0.29) is 11.8 Å². The summed E-state index contributed by atoms with van der Waals surface area (Å²) in [4.78, 5) is 28.5. The third-order valence-corrected chi connectivity index (χ3v) is 4.76. The fourth-order valence-electron chi connectivity index (χ4n) is 3.02. The van der Waals surface area contributed by atoms with E-state index in [2.05, 4.69) is 12.2 Å². The molecule has 1 heterocycles. The highest BCUT2D eigenvalue weighted by Gasteiger charge is 2.24. The number of carbonyl (C=O) groups excluding carboxylic acids is 2. The zero-order valence-corrected chi connectivity index (χ0v) is 15.0. The molecule has 1 aromatic rings. The summed E-state index contributed by atoms with van der Waals surface area (Å²) in [6.07, 6.45) is 2.08. The van der Waals surface area contributed by atoms with Crippen molar-refractivity contribution in [2.75, 3.05) is 39.8 Å². The van der Waals surface area contributed by atoms with E-state index in [4.69, 9.17) is 0 Å². The van der Waals surface area contributed by atoms with Crippen LogP contribution in [0.1, 0.15) is 47.4 Å². The molecule has 0 aromatic heterocycles. The molecular formula is C19H29N3O2. The van der Waals surface area contributed by atoms with Crippen LogP contribution >= 0.6 is 0 Å². The van der Waals surface area contributed by atoms with Crippen molar-refractivity contribution in [3.8, 4) is 0 Å². The predicted octanol–water partition coefficient (Wildman–Crippen LogP) is 2.24. The van der Waals surface area contributed by atoms with Crippen molar-refractivity contribution in [1.82, 2.24) is 15.1 Å². The predicted molar refractivity (Wildman–Crippen MR) is 96.2 cm³/mol. The molecule has 1 saturated heterocycles. The van der Waals surface area contributed by atoms with Gasteiger partial charge in [0.1, 0.15) is 0 Å². The molecule has 0 atom stereocenters. The lowest BCUT2D eigenvalue weighted by Gasteiger charge is -2.32. The van der Waals surface area contributed by atoms with Crippen molar-refractivity contribution >= 4 is 11.8 Å². The minimum absolute atomic E-state index is 0.0331. The summed E-state index contributed by atoms with van der Waals surface area (Å²) >= 11 is 0. The number of benzene rings is 1. The van der Waals surface area contributed by atoms with Gasteiger partial charge in [0, 0.05) is 37.8 Å². The quantitative estimate of drug-likeness (QED) is 0.870. The van der Waals surface area contributed by atoms with Gasteiger partial charge in [-0.15, -0.1) is 0 Å². The number of hydrogen-bond acceptors (Lipinski definition) is 3. The van der Waals surface area contributed by atoms with Gasteiger partial charge in [0.2, 0.25) is 0 Å². The number of amides is 2. The maximum atomic E-state index is 12.7. The number of rotatable bonds is 6. The SMILES string of the molecule is CCNCC1CCN(C(=O)c2cccc(C(=O)N(C)CC)c2)CC1. The van der Waals surface area contributed by atoms with Crippen LogP contribution in [0.25, 0.3) is 0 Å². The summed E-state index contributed by atoms with van der Waals surface area (Å²) in [5.41, 5.74) is 1.18. The molecule has 0 radical (unpaired) electrons. The molecular weight excluding hydrogens is 302 g/mol. The van der Waals surface area contributed by atoms with Crippen molar-refractivity contribution in [2.24, 2.45) is 5.92 Å². The summed E-state index contributed by atoms with van der Waals surface area (Å²) in [7, 11) is 1.77. The fraction of sp³-hybridized carbons (Fsp3) is 0.579. The average molecular weight is 331 g/mol. The third kappa shape index (κ3) is 4.57. The van der Waals surface area contributed by atoms with Crippen LogP contribution < -0.4 is 5.32 Å². The van der Waals surface area contributed by atoms with E-state index in [0.717, 1.165) is 39.0 Å². The molecule has 1 aliphatic heterocycles. The highest BCUT2D eigenvalue weighted by Crippen LogP contribution is 2.19. The van der Waals surface area contributed by atoms with Crippen LogP contribution in [0.2, 0.25) is 0 Å². The van der Waals surface area contributed by atoms with E-state index in [1.54, 1.807) is 36.2 Å². The second kappa shape index (κ2) is 8.83. The molecule has 2 amide bonds. The van der Waals surface area contributed by atoms with E-state index in [0.29, 0.717) is 23.6 Å². The monoisotopic (exact) mass is 331 g/mol. The normalized spacial score (nSPS) is 15.4. The van der Waals surface area contributed by atoms with E-state index in [1.165, 1.54) is 0 Å². The van der Waals surface area contributed by atoms with E-state index >= 15 is 0 Å². The van der Waals surface area contributed by atoms with Gasteiger partial charge in [-0.25, -0.2) is 0 Å². The zero-order valence-electron chi connectivity index (χ0n) is 15.0. The van der Waals surface area contributed by atoms with Crippen LogP contribution in [-0.2, 0) is 0 Å². The van der Waals surface area contributed by atoms with Crippen molar-refractivity contribution in [2.45, 2.75) is 26.7 Å². The first-order chi connectivity index (χ1) is 11.6. The molecule has 24 heavy (non-hydrogen) atoms. The number of carbonyl (C=O) groups is 2. The molecule has 5 heteroatoms. The van der Waals surface area contributed by atoms with Crippen LogP contribution in [0.3, 0.4) is 0 Å². The van der Waals surface area contributed by atoms with Crippen LogP contribution in [0.5, 0.6) is 0 Å². The molecule has 0 saturated carbocycles. The first-order valence-electron chi connectivity index (χ1n) is 8.92. The maximum Gasteiger partial charge on any atom is 0.253 e. The second-order valence-electron chi connectivity index (χ2n) is 6.44. The second-order valence-corrected chi connectivity index (χ2v) is 6.44. The number of hydrogen-bond donors (Lipinski definition) is 1. The summed E-state index contributed by atoms with van der Waals surface area (Å²) in [6, 6.07) is 7.09. The Kier molecular flexibility index (Phi) is 6.79. The van der Waals surface area contributed by atoms with Gasteiger partial charge in [0.25, 0.3) is 11.8 Å². The van der Waals surface area contributed by atoms with Crippen molar-refractivity contribution in [3.05, 3.63) is 35.4 Å². The maximum absolute atomic E-state index is 12.7. The van der Waals surface area contributed by atoms with E-state index < -0.39 is 0 Å². The lowest BCUT2D eigenvalue weighted by Crippen LogP contribution is -2.40. The molecule has 0 spiro atoms. The number of nitrogens with one attached hydrogen (secondary N) is 1. The van der Waals surface area contributed by atoms with Gasteiger partial charge < -0.3 is 15.1 Å². The Labute approximate surface area is 145 Å². The number of nitrogens with zero attached hydrogens (tertiary/aromatic N) is 2. The molecule has 0 aliphatic carbocycles. The van der Waals surface area contributed by atoms with Gasteiger partial charge in [0.15, 0.2) is 0 Å². The Morgan fingerprint density at radius 1 is 1.21 bits per heavy atom. The van der Waals surface area contributed by atoms with Gasteiger partial charge in [0.05, 0.1) is 0 Å². The van der Waals surface area contributed by atoms with Crippen molar-refractivity contribution in [1.29, 1.82) is 0 Å². The molecule has 0 unspecified atom stereocenters. The topological polar surface area (TPSA) is 52.7 Å².